The van der Waals surface area contributed by atoms with E-state index in [1.807, 2.05) is 4.90 Å². The van der Waals surface area contributed by atoms with Crippen molar-refractivity contribution in [2.24, 2.45) is 5.92 Å². The average molecular weight is 390 g/mol. The SMILES string of the molecule is O=C(O)CCC1CCCN(CC(=O)NCc2ccc(F)cc2C(F)(F)F)C1. The van der Waals surface area contributed by atoms with Crippen molar-refractivity contribution in [2.75, 3.05) is 19.6 Å². The smallest absolute Gasteiger partial charge is 0.416 e. The zero-order chi connectivity index (χ0) is 20.0. The Morgan fingerprint density at radius 3 is 2.70 bits per heavy atom. The third kappa shape index (κ3) is 6.82. The highest BCUT2D eigenvalue weighted by atomic mass is 19.4. The Labute approximate surface area is 154 Å². The Balaban J connectivity index is 1.87. The van der Waals surface area contributed by atoms with Crippen LogP contribution in [0.15, 0.2) is 18.2 Å². The Morgan fingerprint density at radius 1 is 1.30 bits per heavy atom. The second-order valence-electron chi connectivity index (χ2n) is 6.75. The van der Waals surface area contributed by atoms with Gasteiger partial charge in [0.1, 0.15) is 5.82 Å². The molecular weight excluding hydrogens is 368 g/mol. The quantitative estimate of drug-likeness (QED) is 0.703. The second kappa shape index (κ2) is 9.16. The first-order valence-corrected chi connectivity index (χ1v) is 8.71. The van der Waals surface area contributed by atoms with Gasteiger partial charge in [0.15, 0.2) is 0 Å². The Morgan fingerprint density at radius 2 is 2.04 bits per heavy atom. The molecule has 1 saturated heterocycles. The van der Waals surface area contributed by atoms with Crippen LogP contribution in [0.5, 0.6) is 0 Å². The number of carbonyl (C=O) groups is 2. The molecule has 2 rings (SSSR count). The van der Waals surface area contributed by atoms with Gasteiger partial charge in [0.25, 0.3) is 0 Å². The maximum absolute atomic E-state index is 13.1. The molecule has 0 aromatic heterocycles. The molecule has 9 heteroatoms. The van der Waals surface area contributed by atoms with Crippen molar-refractivity contribution < 1.29 is 32.3 Å². The molecule has 0 spiro atoms. The minimum atomic E-state index is -4.70. The molecule has 1 aliphatic rings. The molecule has 1 aromatic rings. The number of piperidine rings is 1. The van der Waals surface area contributed by atoms with Crippen LogP contribution in [0.1, 0.15) is 36.8 Å². The second-order valence-corrected chi connectivity index (χ2v) is 6.75. The molecule has 1 aromatic carbocycles. The standard InChI is InChI=1S/C18H22F4N2O3/c19-14-5-4-13(15(8-14)18(20,21)22)9-23-16(25)11-24-7-1-2-12(10-24)3-6-17(26)27/h4-5,8,12H,1-3,6-7,9-11H2,(H,23,25)(H,26,27). The number of rotatable bonds is 7. The number of hydrogen-bond donors (Lipinski definition) is 2. The van der Waals surface area contributed by atoms with E-state index in [-0.39, 0.29) is 31.0 Å². The number of carboxylic acid groups (broad SMARTS) is 1. The zero-order valence-corrected chi connectivity index (χ0v) is 14.7. The first-order valence-electron chi connectivity index (χ1n) is 8.71. The van der Waals surface area contributed by atoms with Crippen LogP contribution in [0.25, 0.3) is 0 Å². The summed E-state index contributed by atoms with van der Waals surface area (Å²) in [4.78, 5) is 24.6. The van der Waals surface area contributed by atoms with E-state index < -0.39 is 29.4 Å². The number of carboxylic acids is 1. The highest BCUT2D eigenvalue weighted by molar-refractivity contribution is 5.78. The van der Waals surface area contributed by atoms with Crippen molar-refractivity contribution in [1.29, 1.82) is 0 Å². The van der Waals surface area contributed by atoms with Crippen LogP contribution in [-0.4, -0.2) is 41.5 Å². The fourth-order valence-corrected chi connectivity index (χ4v) is 3.28. The lowest BCUT2D eigenvalue weighted by Gasteiger charge is -2.32. The van der Waals surface area contributed by atoms with Crippen molar-refractivity contribution in [3.63, 3.8) is 0 Å². The van der Waals surface area contributed by atoms with Crippen molar-refractivity contribution in [3.8, 4) is 0 Å². The lowest BCUT2D eigenvalue weighted by Crippen LogP contribution is -2.42. The zero-order valence-electron chi connectivity index (χ0n) is 14.7. The van der Waals surface area contributed by atoms with E-state index in [0.29, 0.717) is 25.6 Å². The van der Waals surface area contributed by atoms with Gasteiger partial charge in [0.05, 0.1) is 12.1 Å². The minimum absolute atomic E-state index is 0.0338. The number of carbonyl (C=O) groups excluding carboxylic acids is 1. The van der Waals surface area contributed by atoms with Gasteiger partial charge in [-0.15, -0.1) is 0 Å². The number of hydrogen-bond acceptors (Lipinski definition) is 3. The molecule has 2 N–H and O–H groups in total. The largest absolute Gasteiger partial charge is 0.481 e. The molecule has 1 amide bonds. The number of aliphatic carboxylic acids is 1. The van der Waals surface area contributed by atoms with Crippen molar-refractivity contribution in [1.82, 2.24) is 10.2 Å². The molecule has 1 atom stereocenters. The van der Waals surface area contributed by atoms with E-state index in [1.54, 1.807) is 0 Å². The predicted molar refractivity (Wildman–Crippen MR) is 89.3 cm³/mol. The topological polar surface area (TPSA) is 69.6 Å². The number of halogens is 4. The van der Waals surface area contributed by atoms with Gasteiger partial charge in [0.2, 0.25) is 5.91 Å². The molecule has 150 valence electrons. The van der Waals surface area contributed by atoms with Gasteiger partial charge < -0.3 is 10.4 Å². The summed E-state index contributed by atoms with van der Waals surface area (Å²) in [5, 5.41) is 11.2. The van der Waals surface area contributed by atoms with Gasteiger partial charge in [-0.1, -0.05) is 6.07 Å². The molecule has 1 fully saturated rings. The van der Waals surface area contributed by atoms with E-state index >= 15 is 0 Å². The molecular formula is C18H22F4N2O3. The van der Waals surface area contributed by atoms with E-state index in [0.717, 1.165) is 25.0 Å². The number of alkyl halides is 3. The monoisotopic (exact) mass is 390 g/mol. The molecule has 1 aliphatic heterocycles. The van der Waals surface area contributed by atoms with Crippen LogP contribution in [-0.2, 0) is 22.3 Å². The predicted octanol–water partition coefficient (Wildman–Crippen LogP) is 3.04. The summed E-state index contributed by atoms with van der Waals surface area (Å²) in [6.45, 7) is 0.961. The molecule has 0 bridgehead atoms. The maximum atomic E-state index is 13.1. The maximum Gasteiger partial charge on any atom is 0.416 e. The first kappa shape index (κ1) is 21.1. The summed E-state index contributed by atoms with van der Waals surface area (Å²) in [5.41, 5.74) is -1.30. The van der Waals surface area contributed by atoms with Gasteiger partial charge in [-0.3, -0.25) is 14.5 Å². The summed E-state index contributed by atoms with van der Waals surface area (Å²) in [7, 11) is 0. The number of benzene rings is 1. The third-order valence-corrected chi connectivity index (χ3v) is 4.59. The fourth-order valence-electron chi connectivity index (χ4n) is 3.28. The van der Waals surface area contributed by atoms with Gasteiger partial charge in [-0.2, -0.15) is 13.2 Å². The Hall–Kier alpha value is -2.16. The highest BCUT2D eigenvalue weighted by Gasteiger charge is 2.33. The van der Waals surface area contributed by atoms with Crippen LogP contribution in [0.3, 0.4) is 0 Å². The normalized spacial score (nSPS) is 18.3. The molecule has 1 unspecified atom stereocenters. The van der Waals surface area contributed by atoms with Crippen molar-refractivity contribution in [3.05, 3.63) is 35.1 Å². The molecule has 27 heavy (non-hydrogen) atoms. The van der Waals surface area contributed by atoms with E-state index in [2.05, 4.69) is 5.32 Å². The number of amides is 1. The highest BCUT2D eigenvalue weighted by Crippen LogP contribution is 2.32. The summed E-state index contributed by atoms with van der Waals surface area (Å²) in [6, 6.07) is 2.36. The van der Waals surface area contributed by atoms with Crippen LogP contribution in [0.4, 0.5) is 17.6 Å². The number of nitrogens with one attached hydrogen (secondary N) is 1. The molecule has 0 aliphatic carbocycles. The molecule has 0 radical (unpaired) electrons. The minimum Gasteiger partial charge on any atom is -0.481 e. The average Bonchev–Trinajstić information content (AvgIpc) is 2.58. The molecule has 5 nitrogen and oxygen atoms in total. The van der Waals surface area contributed by atoms with Gasteiger partial charge in [0, 0.05) is 19.5 Å². The first-order chi connectivity index (χ1) is 12.6. The van der Waals surface area contributed by atoms with Crippen molar-refractivity contribution >= 4 is 11.9 Å². The van der Waals surface area contributed by atoms with E-state index in [1.165, 1.54) is 0 Å². The summed E-state index contributed by atoms with van der Waals surface area (Å²) in [6.07, 6.45) is -2.34. The number of nitrogens with zero attached hydrogens (tertiary/aromatic N) is 1. The summed E-state index contributed by atoms with van der Waals surface area (Å²) in [5.74, 6) is -2.08. The lowest BCUT2D eigenvalue weighted by molar-refractivity contribution is -0.139. The Kier molecular flexibility index (Phi) is 7.18. The van der Waals surface area contributed by atoms with Gasteiger partial charge >= 0.3 is 12.1 Å². The van der Waals surface area contributed by atoms with E-state index in [4.69, 9.17) is 5.11 Å². The van der Waals surface area contributed by atoms with Crippen LogP contribution in [0.2, 0.25) is 0 Å². The van der Waals surface area contributed by atoms with Crippen molar-refractivity contribution in [2.45, 2.75) is 38.4 Å². The third-order valence-electron chi connectivity index (χ3n) is 4.59. The molecule has 1 heterocycles. The van der Waals surface area contributed by atoms with E-state index in [9.17, 15) is 27.2 Å². The van der Waals surface area contributed by atoms with Gasteiger partial charge in [-0.25, -0.2) is 4.39 Å². The summed E-state index contributed by atoms with van der Waals surface area (Å²) >= 11 is 0. The van der Waals surface area contributed by atoms with Crippen LogP contribution < -0.4 is 5.32 Å². The van der Waals surface area contributed by atoms with Crippen LogP contribution >= 0.6 is 0 Å². The lowest BCUT2D eigenvalue weighted by atomic mass is 9.93. The number of likely N-dealkylation sites (tertiary alicyclic amines) is 1. The van der Waals surface area contributed by atoms with Gasteiger partial charge in [-0.05, 0) is 49.4 Å². The summed E-state index contributed by atoms with van der Waals surface area (Å²) < 4.78 is 52.0. The Bertz CT molecular complexity index is 679. The molecule has 0 saturated carbocycles. The fraction of sp³-hybridized carbons (Fsp3) is 0.556. The van der Waals surface area contributed by atoms with Crippen LogP contribution in [0, 0.1) is 11.7 Å².